The zero-order valence-corrected chi connectivity index (χ0v) is 12.2. The molecule has 1 aliphatic rings. The SMILES string of the molecule is CCC(C)(C(COC(C)C)NN)N1CCOCC1. The molecule has 0 radical (unpaired) electrons. The summed E-state index contributed by atoms with van der Waals surface area (Å²) in [7, 11) is 0. The number of hydrazine groups is 1. The normalized spacial score (nSPS) is 23.0. The quantitative estimate of drug-likeness (QED) is 0.522. The number of ether oxygens (including phenoxy) is 2. The maximum atomic E-state index is 5.74. The van der Waals surface area contributed by atoms with E-state index in [2.05, 4.69) is 24.2 Å². The maximum absolute atomic E-state index is 5.74. The Hall–Kier alpha value is -0.200. The third kappa shape index (κ3) is 3.90. The molecule has 0 saturated carbocycles. The van der Waals surface area contributed by atoms with Gasteiger partial charge in [-0.25, -0.2) is 0 Å². The molecule has 0 aromatic rings. The summed E-state index contributed by atoms with van der Waals surface area (Å²) in [5.74, 6) is 5.74. The van der Waals surface area contributed by atoms with Gasteiger partial charge in [-0.05, 0) is 27.2 Å². The van der Waals surface area contributed by atoms with Crippen LogP contribution >= 0.6 is 0 Å². The van der Waals surface area contributed by atoms with Gasteiger partial charge in [0.05, 0.1) is 32.0 Å². The second-order valence-electron chi connectivity index (χ2n) is 5.41. The van der Waals surface area contributed by atoms with E-state index in [1.807, 2.05) is 13.8 Å². The van der Waals surface area contributed by atoms with Gasteiger partial charge in [-0.2, -0.15) is 0 Å². The van der Waals surface area contributed by atoms with Crippen LogP contribution in [0.3, 0.4) is 0 Å². The van der Waals surface area contributed by atoms with Gasteiger partial charge in [0.15, 0.2) is 0 Å². The van der Waals surface area contributed by atoms with Crippen LogP contribution in [0.1, 0.15) is 34.1 Å². The van der Waals surface area contributed by atoms with E-state index in [0.29, 0.717) is 6.61 Å². The second kappa shape index (κ2) is 7.40. The number of rotatable bonds is 7. The van der Waals surface area contributed by atoms with E-state index in [0.717, 1.165) is 32.7 Å². The van der Waals surface area contributed by atoms with E-state index in [-0.39, 0.29) is 17.7 Å². The first-order valence-electron chi connectivity index (χ1n) is 6.95. The Bertz CT molecular complexity index is 232. The van der Waals surface area contributed by atoms with Crippen molar-refractivity contribution in [2.75, 3.05) is 32.9 Å². The van der Waals surface area contributed by atoms with Crippen molar-refractivity contribution < 1.29 is 9.47 Å². The van der Waals surface area contributed by atoms with Crippen LogP contribution in [0.4, 0.5) is 0 Å². The summed E-state index contributed by atoms with van der Waals surface area (Å²) in [6.07, 6.45) is 1.26. The summed E-state index contributed by atoms with van der Waals surface area (Å²) in [5, 5.41) is 0. The first-order valence-corrected chi connectivity index (χ1v) is 6.95. The van der Waals surface area contributed by atoms with Crippen molar-refractivity contribution in [2.45, 2.75) is 51.8 Å². The highest BCUT2D eigenvalue weighted by Crippen LogP contribution is 2.25. The van der Waals surface area contributed by atoms with E-state index < -0.39 is 0 Å². The highest BCUT2D eigenvalue weighted by atomic mass is 16.5. The lowest BCUT2D eigenvalue weighted by Gasteiger charge is -2.47. The Balaban J connectivity index is 2.68. The van der Waals surface area contributed by atoms with E-state index in [9.17, 15) is 0 Å². The minimum absolute atomic E-state index is 0.00736. The predicted molar refractivity (Wildman–Crippen MR) is 73.3 cm³/mol. The minimum atomic E-state index is 0.00736. The highest BCUT2D eigenvalue weighted by molar-refractivity contribution is 4.96. The molecule has 1 rings (SSSR count). The van der Waals surface area contributed by atoms with Crippen LogP contribution in [-0.2, 0) is 9.47 Å². The topological polar surface area (TPSA) is 59.8 Å². The Morgan fingerprint density at radius 1 is 1.39 bits per heavy atom. The molecule has 0 spiro atoms. The van der Waals surface area contributed by atoms with Crippen molar-refractivity contribution in [3.8, 4) is 0 Å². The monoisotopic (exact) mass is 259 g/mol. The third-order valence-corrected chi connectivity index (χ3v) is 4.00. The van der Waals surface area contributed by atoms with Crippen LogP contribution in [0.2, 0.25) is 0 Å². The summed E-state index contributed by atoms with van der Waals surface area (Å²) in [4.78, 5) is 2.46. The molecule has 18 heavy (non-hydrogen) atoms. The zero-order valence-electron chi connectivity index (χ0n) is 12.2. The number of nitrogens with zero attached hydrogens (tertiary/aromatic N) is 1. The first-order chi connectivity index (χ1) is 8.54. The fraction of sp³-hybridized carbons (Fsp3) is 1.00. The standard InChI is InChI=1S/C13H29N3O2/c1-5-13(4,16-6-8-17-9-7-16)12(15-14)10-18-11(2)3/h11-12,15H,5-10,14H2,1-4H3. The Kier molecular flexibility index (Phi) is 6.52. The van der Waals surface area contributed by atoms with Gasteiger partial charge in [0.2, 0.25) is 0 Å². The largest absolute Gasteiger partial charge is 0.379 e. The van der Waals surface area contributed by atoms with Gasteiger partial charge in [-0.1, -0.05) is 6.92 Å². The van der Waals surface area contributed by atoms with Gasteiger partial charge >= 0.3 is 0 Å². The fourth-order valence-electron chi connectivity index (χ4n) is 2.46. The second-order valence-corrected chi connectivity index (χ2v) is 5.41. The van der Waals surface area contributed by atoms with Gasteiger partial charge in [0.1, 0.15) is 0 Å². The van der Waals surface area contributed by atoms with E-state index in [4.69, 9.17) is 15.3 Å². The fourth-order valence-corrected chi connectivity index (χ4v) is 2.46. The Morgan fingerprint density at radius 2 is 2.00 bits per heavy atom. The lowest BCUT2D eigenvalue weighted by Crippen LogP contribution is -2.64. The molecule has 0 amide bonds. The molecular weight excluding hydrogens is 230 g/mol. The summed E-state index contributed by atoms with van der Waals surface area (Å²) in [6, 6.07) is 0.128. The summed E-state index contributed by atoms with van der Waals surface area (Å²) >= 11 is 0. The molecule has 1 heterocycles. The lowest BCUT2D eigenvalue weighted by atomic mass is 9.87. The molecule has 0 bridgehead atoms. The maximum Gasteiger partial charge on any atom is 0.0654 e. The molecule has 1 saturated heterocycles. The number of nitrogens with one attached hydrogen (secondary N) is 1. The molecule has 3 N–H and O–H groups in total. The average molecular weight is 259 g/mol. The molecule has 2 unspecified atom stereocenters. The van der Waals surface area contributed by atoms with Crippen molar-refractivity contribution in [3.63, 3.8) is 0 Å². The molecule has 5 heteroatoms. The molecule has 1 fully saturated rings. The van der Waals surface area contributed by atoms with Crippen molar-refractivity contribution in [1.82, 2.24) is 10.3 Å². The minimum Gasteiger partial charge on any atom is -0.379 e. The molecule has 0 aromatic carbocycles. The van der Waals surface area contributed by atoms with Gasteiger partial charge in [0.25, 0.3) is 0 Å². The van der Waals surface area contributed by atoms with Crippen molar-refractivity contribution in [3.05, 3.63) is 0 Å². The predicted octanol–water partition coefficient (Wildman–Crippen LogP) is 0.744. The van der Waals surface area contributed by atoms with Crippen LogP contribution in [0.5, 0.6) is 0 Å². The molecule has 0 aliphatic carbocycles. The van der Waals surface area contributed by atoms with Gasteiger partial charge in [-0.3, -0.25) is 16.2 Å². The van der Waals surface area contributed by atoms with Crippen LogP contribution in [0.25, 0.3) is 0 Å². The van der Waals surface area contributed by atoms with Gasteiger partial charge in [-0.15, -0.1) is 0 Å². The van der Waals surface area contributed by atoms with Crippen molar-refractivity contribution in [2.24, 2.45) is 5.84 Å². The van der Waals surface area contributed by atoms with Crippen molar-refractivity contribution >= 4 is 0 Å². The number of hydrogen-bond acceptors (Lipinski definition) is 5. The van der Waals surface area contributed by atoms with Crippen molar-refractivity contribution in [1.29, 1.82) is 0 Å². The Labute approximate surface area is 111 Å². The zero-order chi connectivity index (χ0) is 13.6. The van der Waals surface area contributed by atoms with Crippen LogP contribution in [-0.4, -0.2) is 55.5 Å². The lowest BCUT2D eigenvalue weighted by molar-refractivity contribution is -0.0524. The summed E-state index contributed by atoms with van der Waals surface area (Å²) in [5.41, 5.74) is 2.95. The van der Waals surface area contributed by atoms with E-state index in [1.54, 1.807) is 0 Å². The summed E-state index contributed by atoms with van der Waals surface area (Å²) < 4.78 is 11.2. The Morgan fingerprint density at radius 3 is 2.44 bits per heavy atom. The van der Waals surface area contributed by atoms with E-state index >= 15 is 0 Å². The molecule has 108 valence electrons. The number of hydrogen-bond donors (Lipinski definition) is 2. The van der Waals surface area contributed by atoms with Gasteiger partial charge < -0.3 is 9.47 Å². The number of nitrogens with two attached hydrogens (primary N) is 1. The molecule has 1 aliphatic heterocycles. The average Bonchev–Trinajstić information content (AvgIpc) is 2.39. The molecule has 0 aromatic heterocycles. The van der Waals surface area contributed by atoms with Crippen LogP contribution < -0.4 is 11.3 Å². The smallest absolute Gasteiger partial charge is 0.0654 e. The number of morpholine rings is 1. The molecule has 5 nitrogen and oxygen atoms in total. The first kappa shape index (κ1) is 15.9. The van der Waals surface area contributed by atoms with Crippen LogP contribution in [0.15, 0.2) is 0 Å². The summed E-state index contributed by atoms with van der Waals surface area (Å²) in [6.45, 7) is 12.7. The molecule has 2 atom stereocenters. The third-order valence-electron chi connectivity index (χ3n) is 4.00. The van der Waals surface area contributed by atoms with Gasteiger partial charge in [0, 0.05) is 18.6 Å². The molecular formula is C13H29N3O2. The highest BCUT2D eigenvalue weighted by Gasteiger charge is 2.38. The van der Waals surface area contributed by atoms with Crippen LogP contribution in [0, 0.1) is 0 Å². The van der Waals surface area contributed by atoms with E-state index in [1.165, 1.54) is 0 Å².